The number of carbonyl (C=O) groups excluding carboxylic acids is 1. The minimum Gasteiger partial charge on any atom is -0.273 e. The standard InChI is InChI=1S/C32H29FN6O/c1-21(24-11-12-26(28(33)17-24)22-7-3-2-4-8-22)32(40)38-16-14-27-30(35-20-36-31(27)38)25-18-37-39(19-25)29(13-15-34)23-9-5-6-10-23/h2-4,7-8,11-12,14,16-21,23,29H,5-6,9-10,13H2,1H3/t21?,29-/m1/s1. The molecule has 0 saturated heterocycles. The first-order chi connectivity index (χ1) is 19.5. The number of rotatable bonds is 7. The normalized spacial score (nSPS) is 15.2. The molecule has 1 aliphatic rings. The van der Waals surface area contributed by atoms with Crippen molar-refractivity contribution in [2.45, 2.75) is 51.0 Å². The van der Waals surface area contributed by atoms with Gasteiger partial charge in [-0.05, 0) is 48.9 Å². The second-order valence-corrected chi connectivity index (χ2v) is 10.5. The van der Waals surface area contributed by atoms with E-state index in [2.05, 4.69) is 21.1 Å². The number of carbonyl (C=O) groups is 1. The second kappa shape index (κ2) is 10.9. The van der Waals surface area contributed by atoms with Gasteiger partial charge in [0.2, 0.25) is 5.91 Å². The number of nitrogens with zero attached hydrogens (tertiary/aromatic N) is 6. The molecule has 40 heavy (non-hydrogen) atoms. The molecular weight excluding hydrogens is 503 g/mol. The Labute approximate surface area is 231 Å². The van der Waals surface area contributed by atoms with Crippen molar-refractivity contribution in [3.05, 3.63) is 90.9 Å². The fourth-order valence-corrected chi connectivity index (χ4v) is 5.92. The van der Waals surface area contributed by atoms with E-state index in [1.54, 1.807) is 31.5 Å². The van der Waals surface area contributed by atoms with Gasteiger partial charge in [-0.2, -0.15) is 10.4 Å². The lowest BCUT2D eigenvalue weighted by atomic mass is 9.96. The third kappa shape index (κ3) is 4.68. The molecule has 2 atom stereocenters. The monoisotopic (exact) mass is 532 g/mol. The van der Waals surface area contributed by atoms with Crippen LogP contribution in [0, 0.1) is 23.1 Å². The molecule has 0 amide bonds. The molecule has 7 nitrogen and oxygen atoms in total. The van der Waals surface area contributed by atoms with E-state index in [0.29, 0.717) is 34.8 Å². The summed E-state index contributed by atoms with van der Waals surface area (Å²) in [7, 11) is 0. The summed E-state index contributed by atoms with van der Waals surface area (Å²) in [5, 5.41) is 14.8. The van der Waals surface area contributed by atoms with Crippen LogP contribution in [0.4, 0.5) is 4.39 Å². The molecule has 0 N–H and O–H groups in total. The smallest absolute Gasteiger partial charge is 0.239 e. The van der Waals surface area contributed by atoms with E-state index in [4.69, 9.17) is 0 Å². The summed E-state index contributed by atoms with van der Waals surface area (Å²) >= 11 is 0. The lowest BCUT2D eigenvalue weighted by Crippen LogP contribution is -2.17. The Morgan fingerprint density at radius 1 is 1.10 bits per heavy atom. The van der Waals surface area contributed by atoms with Gasteiger partial charge in [0.1, 0.15) is 12.1 Å². The van der Waals surface area contributed by atoms with Crippen LogP contribution in [0.2, 0.25) is 0 Å². The Kier molecular flexibility index (Phi) is 6.95. The Morgan fingerprint density at radius 2 is 1.90 bits per heavy atom. The predicted molar refractivity (Wildman–Crippen MR) is 151 cm³/mol. The topological polar surface area (TPSA) is 89.4 Å². The Bertz CT molecular complexity index is 1710. The van der Waals surface area contributed by atoms with E-state index in [-0.39, 0.29) is 17.8 Å². The van der Waals surface area contributed by atoms with Gasteiger partial charge in [0, 0.05) is 28.9 Å². The highest BCUT2D eigenvalue weighted by atomic mass is 19.1. The Hall–Kier alpha value is -4.64. The third-order valence-corrected chi connectivity index (χ3v) is 8.13. The van der Waals surface area contributed by atoms with Crippen molar-refractivity contribution in [3.8, 4) is 28.5 Å². The summed E-state index contributed by atoms with van der Waals surface area (Å²) in [6.45, 7) is 1.77. The fourth-order valence-electron chi connectivity index (χ4n) is 5.92. The third-order valence-electron chi connectivity index (χ3n) is 8.13. The highest BCUT2D eigenvalue weighted by molar-refractivity contribution is 5.98. The number of nitriles is 1. The van der Waals surface area contributed by atoms with E-state index in [1.807, 2.05) is 47.3 Å². The van der Waals surface area contributed by atoms with Crippen LogP contribution in [0.25, 0.3) is 33.4 Å². The van der Waals surface area contributed by atoms with Gasteiger partial charge in [0.25, 0.3) is 0 Å². The van der Waals surface area contributed by atoms with Gasteiger partial charge in [0.15, 0.2) is 5.65 Å². The van der Waals surface area contributed by atoms with Crippen molar-refractivity contribution in [2.24, 2.45) is 5.92 Å². The summed E-state index contributed by atoms with van der Waals surface area (Å²) < 4.78 is 18.4. The van der Waals surface area contributed by atoms with Crippen molar-refractivity contribution < 1.29 is 9.18 Å². The van der Waals surface area contributed by atoms with Crippen LogP contribution in [-0.2, 0) is 0 Å². The van der Waals surface area contributed by atoms with E-state index in [9.17, 15) is 10.1 Å². The van der Waals surface area contributed by atoms with Crippen LogP contribution in [0.1, 0.15) is 61.3 Å². The number of halogens is 1. The molecule has 8 heteroatoms. The molecular formula is C32H29FN6O. The van der Waals surface area contributed by atoms with Crippen molar-refractivity contribution in [3.63, 3.8) is 0 Å². The van der Waals surface area contributed by atoms with Gasteiger partial charge in [-0.25, -0.2) is 14.4 Å². The summed E-state index contributed by atoms with van der Waals surface area (Å²) in [4.78, 5) is 22.5. The number of benzene rings is 2. The highest BCUT2D eigenvalue weighted by Gasteiger charge is 2.28. The van der Waals surface area contributed by atoms with Crippen LogP contribution in [0.15, 0.2) is 79.5 Å². The van der Waals surface area contributed by atoms with Crippen LogP contribution in [-0.4, -0.2) is 30.2 Å². The van der Waals surface area contributed by atoms with Gasteiger partial charge in [-0.1, -0.05) is 55.3 Å². The maximum absolute atomic E-state index is 15.0. The van der Waals surface area contributed by atoms with Crippen molar-refractivity contribution in [2.75, 3.05) is 0 Å². The van der Waals surface area contributed by atoms with Crippen molar-refractivity contribution in [1.82, 2.24) is 24.3 Å². The summed E-state index contributed by atoms with van der Waals surface area (Å²) in [5.74, 6) is -0.717. The molecule has 200 valence electrons. The first kappa shape index (κ1) is 25.6. The van der Waals surface area contributed by atoms with Crippen LogP contribution in [0.5, 0.6) is 0 Å². The molecule has 2 aromatic carbocycles. The molecule has 3 heterocycles. The van der Waals surface area contributed by atoms with Crippen LogP contribution < -0.4 is 0 Å². The van der Waals surface area contributed by atoms with E-state index >= 15 is 4.39 Å². The number of hydrogen-bond donors (Lipinski definition) is 0. The highest BCUT2D eigenvalue weighted by Crippen LogP contribution is 2.37. The number of hydrogen-bond acceptors (Lipinski definition) is 5. The largest absolute Gasteiger partial charge is 0.273 e. The maximum atomic E-state index is 15.0. The van der Waals surface area contributed by atoms with Gasteiger partial charge in [-0.15, -0.1) is 0 Å². The Morgan fingerprint density at radius 3 is 2.65 bits per heavy atom. The second-order valence-electron chi connectivity index (χ2n) is 10.5. The average molecular weight is 533 g/mol. The van der Waals surface area contributed by atoms with Gasteiger partial charge < -0.3 is 0 Å². The fraction of sp³-hybridized carbons (Fsp3) is 0.281. The van der Waals surface area contributed by atoms with Gasteiger partial charge >= 0.3 is 0 Å². The molecule has 1 unspecified atom stereocenters. The quantitative estimate of drug-likeness (QED) is 0.221. The zero-order valence-electron chi connectivity index (χ0n) is 22.2. The van der Waals surface area contributed by atoms with Crippen molar-refractivity contribution >= 4 is 16.9 Å². The first-order valence-electron chi connectivity index (χ1n) is 13.7. The Balaban J connectivity index is 1.28. The minimum atomic E-state index is -0.589. The van der Waals surface area contributed by atoms with Crippen molar-refractivity contribution in [1.29, 1.82) is 5.26 Å². The van der Waals surface area contributed by atoms with Crippen LogP contribution in [0.3, 0.4) is 0 Å². The average Bonchev–Trinajstić information content (AvgIpc) is 3.77. The summed E-state index contributed by atoms with van der Waals surface area (Å²) in [6, 6.07) is 18.5. The number of aromatic nitrogens is 5. The molecule has 0 bridgehead atoms. The first-order valence-corrected chi connectivity index (χ1v) is 13.7. The molecule has 3 aromatic heterocycles. The molecule has 5 aromatic rings. The zero-order chi connectivity index (χ0) is 27.6. The zero-order valence-corrected chi connectivity index (χ0v) is 22.2. The minimum absolute atomic E-state index is 0.0410. The lowest BCUT2D eigenvalue weighted by molar-refractivity contribution is 0.0889. The predicted octanol–water partition coefficient (Wildman–Crippen LogP) is 7.19. The van der Waals surface area contributed by atoms with Gasteiger partial charge in [-0.3, -0.25) is 14.0 Å². The van der Waals surface area contributed by atoms with Gasteiger partial charge in [0.05, 0.1) is 36.3 Å². The molecule has 0 spiro atoms. The molecule has 1 saturated carbocycles. The molecule has 1 fully saturated rings. The SMILES string of the molecule is CC(C(=O)n1ccc2c(-c3cnn([C@H](CC#N)C4CCCC4)c3)ncnc21)c1ccc(-c2ccccc2)c(F)c1. The van der Waals surface area contributed by atoms with Crippen LogP contribution >= 0.6 is 0 Å². The lowest BCUT2D eigenvalue weighted by Gasteiger charge is -2.21. The summed E-state index contributed by atoms with van der Waals surface area (Å²) in [6.07, 6.45) is 11.9. The summed E-state index contributed by atoms with van der Waals surface area (Å²) in [5.41, 5.74) is 3.85. The van der Waals surface area contributed by atoms with E-state index < -0.39 is 5.92 Å². The molecule has 6 rings (SSSR count). The van der Waals surface area contributed by atoms with E-state index in [0.717, 1.165) is 29.4 Å². The molecule has 0 aliphatic heterocycles. The molecule has 0 radical (unpaired) electrons. The molecule has 1 aliphatic carbocycles. The van der Waals surface area contributed by atoms with E-state index in [1.165, 1.54) is 29.8 Å². The maximum Gasteiger partial charge on any atom is 0.239 e. The number of fused-ring (bicyclic) bond motifs is 1.